The van der Waals surface area contributed by atoms with Crippen molar-refractivity contribution in [2.24, 2.45) is 0 Å². The van der Waals surface area contributed by atoms with Gasteiger partial charge in [-0.3, -0.25) is 4.79 Å². The van der Waals surface area contributed by atoms with Crippen LogP contribution in [0.2, 0.25) is 0 Å². The molecule has 1 fully saturated rings. The van der Waals surface area contributed by atoms with Gasteiger partial charge in [-0.1, -0.05) is 17.3 Å². The zero-order chi connectivity index (χ0) is 27.8. The molecular formula is C26H25F3N6O3. The highest BCUT2D eigenvalue weighted by molar-refractivity contribution is 6.23. The van der Waals surface area contributed by atoms with Crippen LogP contribution in [-0.2, 0) is 23.9 Å². The van der Waals surface area contributed by atoms with E-state index < -0.39 is 40.9 Å². The fourth-order valence-electron chi connectivity index (χ4n) is 4.16. The van der Waals surface area contributed by atoms with Crippen molar-refractivity contribution >= 4 is 17.6 Å². The number of aliphatic hydroxyl groups is 1. The maximum Gasteiger partial charge on any atom is 0.417 e. The van der Waals surface area contributed by atoms with E-state index in [2.05, 4.69) is 10.3 Å². The number of rotatable bonds is 7. The number of aliphatic hydroxyl groups excluding tert-OH is 1. The summed E-state index contributed by atoms with van der Waals surface area (Å²) in [5, 5.41) is 26.7. The lowest BCUT2D eigenvalue weighted by Gasteiger charge is -2.27. The van der Waals surface area contributed by atoms with E-state index in [1.54, 1.807) is 42.1 Å². The number of urea groups is 1. The molecule has 2 heterocycles. The molecule has 12 heteroatoms. The maximum atomic E-state index is 13.5. The van der Waals surface area contributed by atoms with Crippen molar-refractivity contribution < 1.29 is 27.9 Å². The van der Waals surface area contributed by atoms with Crippen molar-refractivity contribution in [3.05, 3.63) is 71.0 Å². The molecule has 4 rings (SSSR count). The Balaban J connectivity index is 1.55. The van der Waals surface area contributed by atoms with E-state index in [0.29, 0.717) is 30.2 Å². The van der Waals surface area contributed by atoms with Crippen molar-refractivity contribution in [1.29, 1.82) is 5.26 Å². The van der Waals surface area contributed by atoms with Crippen LogP contribution in [0.3, 0.4) is 0 Å². The van der Waals surface area contributed by atoms with E-state index in [-0.39, 0.29) is 12.2 Å². The van der Waals surface area contributed by atoms with E-state index >= 15 is 0 Å². The van der Waals surface area contributed by atoms with Crippen molar-refractivity contribution in [1.82, 2.24) is 19.9 Å². The molecule has 3 aromatic rings. The second-order valence-corrected chi connectivity index (χ2v) is 9.62. The van der Waals surface area contributed by atoms with Gasteiger partial charge in [-0.2, -0.15) is 18.4 Å². The number of carbonyl (C=O) groups is 2. The molecule has 1 unspecified atom stereocenters. The average molecular weight is 527 g/mol. The van der Waals surface area contributed by atoms with E-state index in [1.807, 2.05) is 0 Å². The third-order valence-corrected chi connectivity index (χ3v) is 6.41. The van der Waals surface area contributed by atoms with Crippen LogP contribution in [0.1, 0.15) is 49.6 Å². The maximum absolute atomic E-state index is 13.5. The number of aryl methyl sites for hydroxylation is 1. The second kappa shape index (κ2) is 9.90. The smallest absolute Gasteiger partial charge is 0.393 e. The molecule has 1 aliphatic heterocycles. The number of amides is 3. The predicted molar refractivity (Wildman–Crippen MR) is 130 cm³/mol. The van der Waals surface area contributed by atoms with E-state index in [9.17, 15) is 27.9 Å². The molecule has 1 aliphatic rings. The number of alkyl halides is 3. The van der Waals surface area contributed by atoms with Crippen molar-refractivity contribution in [2.45, 2.75) is 58.0 Å². The Kier molecular flexibility index (Phi) is 6.99. The summed E-state index contributed by atoms with van der Waals surface area (Å²) in [6.45, 7) is 4.79. The Labute approximate surface area is 216 Å². The van der Waals surface area contributed by atoms with E-state index in [0.717, 1.165) is 22.7 Å². The van der Waals surface area contributed by atoms with Gasteiger partial charge >= 0.3 is 12.2 Å². The number of benzene rings is 2. The first-order valence-electron chi connectivity index (χ1n) is 11.8. The number of nitriles is 1. The molecule has 0 bridgehead atoms. The topological polar surface area (TPSA) is 115 Å². The molecule has 38 heavy (non-hydrogen) atoms. The number of hydrogen-bond acceptors (Lipinski definition) is 6. The normalized spacial score (nSPS) is 16.2. The summed E-state index contributed by atoms with van der Waals surface area (Å²) in [4.78, 5) is 28.5. The zero-order valence-corrected chi connectivity index (χ0v) is 20.9. The van der Waals surface area contributed by atoms with Crippen molar-refractivity contribution in [2.75, 3.05) is 4.90 Å². The zero-order valence-electron chi connectivity index (χ0n) is 20.9. The Morgan fingerprint density at radius 2 is 1.76 bits per heavy atom. The molecule has 1 saturated heterocycles. The predicted octanol–water partition coefficient (Wildman–Crippen LogP) is 4.22. The first-order valence-corrected chi connectivity index (χ1v) is 11.8. The van der Waals surface area contributed by atoms with Gasteiger partial charge in [-0.05, 0) is 69.5 Å². The van der Waals surface area contributed by atoms with Crippen LogP contribution in [0.25, 0.3) is 5.69 Å². The molecule has 198 valence electrons. The number of aromatic nitrogens is 3. The van der Waals surface area contributed by atoms with E-state index in [1.165, 1.54) is 24.8 Å². The molecule has 2 aromatic carbocycles. The van der Waals surface area contributed by atoms with Crippen LogP contribution in [0.15, 0.2) is 48.7 Å². The first-order chi connectivity index (χ1) is 17.8. The van der Waals surface area contributed by atoms with Crippen LogP contribution < -0.4 is 4.90 Å². The molecule has 1 N–H and O–H groups in total. The minimum atomic E-state index is -4.83. The quantitative estimate of drug-likeness (QED) is 0.461. The summed E-state index contributed by atoms with van der Waals surface area (Å²) >= 11 is 0. The number of imide groups is 1. The summed E-state index contributed by atoms with van der Waals surface area (Å²) in [5.41, 5.74) is -1.26. The fourth-order valence-corrected chi connectivity index (χ4v) is 4.16. The molecule has 0 aliphatic carbocycles. The Morgan fingerprint density at radius 1 is 1.11 bits per heavy atom. The third kappa shape index (κ3) is 5.10. The first kappa shape index (κ1) is 26.8. The molecule has 0 radical (unpaired) electrons. The molecular weight excluding hydrogens is 501 g/mol. The van der Waals surface area contributed by atoms with Gasteiger partial charge in [-0.15, -0.1) is 5.10 Å². The monoisotopic (exact) mass is 526 g/mol. The molecule has 1 atom stereocenters. The summed E-state index contributed by atoms with van der Waals surface area (Å²) in [6.07, 6.45) is -2.37. The van der Waals surface area contributed by atoms with E-state index in [4.69, 9.17) is 5.26 Å². The number of hydrogen-bond donors (Lipinski definition) is 1. The fraction of sp³-hybridized carbons (Fsp3) is 0.346. The third-order valence-electron chi connectivity index (χ3n) is 6.41. The number of carbonyl (C=O) groups excluding carboxylic acids is 2. The average Bonchev–Trinajstić information content (AvgIpc) is 3.40. The minimum Gasteiger partial charge on any atom is -0.393 e. The summed E-state index contributed by atoms with van der Waals surface area (Å²) < 4.78 is 42.0. The number of halogens is 3. The lowest BCUT2D eigenvalue weighted by molar-refractivity contribution is -0.137. The molecule has 0 spiro atoms. The van der Waals surface area contributed by atoms with Gasteiger partial charge in [0.1, 0.15) is 5.54 Å². The summed E-state index contributed by atoms with van der Waals surface area (Å²) in [5.74, 6) is -0.677. The lowest BCUT2D eigenvalue weighted by atomic mass is 10.0. The van der Waals surface area contributed by atoms with Crippen LogP contribution in [0.4, 0.5) is 23.7 Å². The van der Waals surface area contributed by atoms with Gasteiger partial charge in [-0.25, -0.2) is 14.4 Å². The van der Waals surface area contributed by atoms with Gasteiger partial charge in [0.05, 0.1) is 46.6 Å². The van der Waals surface area contributed by atoms with Gasteiger partial charge in [0.25, 0.3) is 5.91 Å². The molecule has 0 saturated carbocycles. The lowest BCUT2D eigenvalue weighted by Crippen LogP contribution is -2.43. The second-order valence-electron chi connectivity index (χ2n) is 9.62. The van der Waals surface area contributed by atoms with Crippen LogP contribution in [0.5, 0.6) is 0 Å². The summed E-state index contributed by atoms with van der Waals surface area (Å²) in [7, 11) is 0. The minimum absolute atomic E-state index is 0.0355. The van der Waals surface area contributed by atoms with Gasteiger partial charge in [0.15, 0.2) is 0 Å². The van der Waals surface area contributed by atoms with Crippen LogP contribution in [-0.4, -0.2) is 48.6 Å². The van der Waals surface area contributed by atoms with Crippen molar-refractivity contribution in [3.8, 4) is 11.8 Å². The number of nitrogens with zero attached hydrogens (tertiary/aromatic N) is 6. The Hall–Kier alpha value is -4.24. The Bertz CT molecular complexity index is 1410. The largest absolute Gasteiger partial charge is 0.417 e. The number of anilines is 1. The highest BCUT2D eigenvalue weighted by Gasteiger charge is 2.52. The molecule has 3 amide bonds. The van der Waals surface area contributed by atoms with Gasteiger partial charge < -0.3 is 10.0 Å². The standard InChI is InChI=1S/C26H25F3N6O3/c1-16(36)4-8-19-15-34(32-31-19)20-9-5-17(6-10-20)14-33-24(38)35(23(37)25(33,2)3)21-11-7-18(13-30)22(12-21)26(27,28)29/h5-7,9-12,15-16,36H,4,8,14H2,1-3H3. The highest BCUT2D eigenvalue weighted by Crippen LogP contribution is 2.38. The summed E-state index contributed by atoms with van der Waals surface area (Å²) in [6, 6.07) is 10.5. The Morgan fingerprint density at radius 3 is 2.37 bits per heavy atom. The van der Waals surface area contributed by atoms with Crippen LogP contribution >= 0.6 is 0 Å². The van der Waals surface area contributed by atoms with Crippen LogP contribution in [0, 0.1) is 11.3 Å². The molecule has 1 aromatic heterocycles. The highest BCUT2D eigenvalue weighted by atomic mass is 19.4. The van der Waals surface area contributed by atoms with Gasteiger partial charge in [0.2, 0.25) is 0 Å². The SMILES string of the molecule is CC(O)CCc1cn(-c2ccc(CN3C(=O)N(c4ccc(C#N)c(C(F)(F)F)c4)C(=O)C3(C)C)cc2)nn1. The van der Waals surface area contributed by atoms with Gasteiger partial charge in [0, 0.05) is 6.54 Å². The van der Waals surface area contributed by atoms with Crippen molar-refractivity contribution in [3.63, 3.8) is 0 Å². The molecule has 9 nitrogen and oxygen atoms in total.